The number of hydrogen-bond acceptors (Lipinski definition) is 5. The molecule has 0 bridgehead atoms. The monoisotopic (exact) mass is 234 g/mol. The average Bonchev–Trinajstić information content (AvgIpc) is 2.74. The van der Waals surface area contributed by atoms with E-state index in [0.717, 1.165) is 0 Å². The average molecular weight is 234 g/mol. The van der Waals surface area contributed by atoms with Crippen molar-refractivity contribution in [3.05, 3.63) is 34.5 Å². The van der Waals surface area contributed by atoms with Crippen molar-refractivity contribution in [2.24, 2.45) is 0 Å². The summed E-state index contributed by atoms with van der Waals surface area (Å²) < 4.78 is 5.13. The Kier molecular flexibility index (Phi) is 2.65. The third-order valence-corrected chi connectivity index (χ3v) is 2.28. The van der Waals surface area contributed by atoms with Gasteiger partial charge in [-0.15, -0.1) is 0 Å². The van der Waals surface area contributed by atoms with Crippen LogP contribution >= 0.6 is 0 Å². The molecule has 0 saturated carbocycles. The van der Waals surface area contributed by atoms with Crippen molar-refractivity contribution >= 4 is 11.6 Å². The summed E-state index contributed by atoms with van der Waals surface area (Å²) in [5, 5.41) is 10.7. The predicted octanol–water partition coefficient (Wildman–Crippen LogP) is 1.58. The van der Waals surface area contributed by atoms with Gasteiger partial charge in [0.05, 0.1) is 23.9 Å². The van der Waals surface area contributed by atoms with Crippen LogP contribution in [0.3, 0.4) is 0 Å². The van der Waals surface area contributed by atoms with Gasteiger partial charge in [0.25, 0.3) is 5.69 Å². The van der Waals surface area contributed by atoms with Crippen molar-refractivity contribution in [2.75, 3.05) is 12.8 Å². The zero-order valence-corrected chi connectivity index (χ0v) is 9.01. The van der Waals surface area contributed by atoms with E-state index < -0.39 is 4.92 Å². The number of nitro benzene ring substituents is 1. The van der Waals surface area contributed by atoms with Gasteiger partial charge in [-0.2, -0.15) is 0 Å². The molecule has 7 heteroatoms. The fourth-order valence-corrected chi connectivity index (χ4v) is 1.49. The Labute approximate surface area is 96.4 Å². The Morgan fingerprint density at radius 1 is 1.53 bits per heavy atom. The SMILES string of the molecule is COc1ccc([N+](=O)[O-])cc1-c1cnc(N)[nH]1. The largest absolute Gasteiger partial charge is 0.496 e. The zero-order valence-electron chi connectivity index (χ0n) is 9.01. The van der Waals surface area contributed by atoms with Crippen LogP contribution in [0.4, 0.5) is 11.6 Å². The minimum Gasteiger partial charge on any atom is -0.496 e. The summed E-state index contributed by atoms with van der Waals surface area (Å²) in [4.78, 5) is 16.9. The van der Waals surface area contributed by atoms with Crippen LogP contribution in [0, 0.1) is 10.1 Å². The summed E-state index contributed by atoms with van der Waals surface area (Å²) in [6.07, 6.45) is 1.50. The van der Waals surface area contributed by atoms with E-state index >= 15 is 0 Å². The number of nitrogens with two attached hydrogens (primary N) is 1. The molecule has 0 aliphatic heterocycles. The topological polar surface area (TPSA) is 107 Å². The second kappa shape index (κ2) is 4.12. The normalized spacial score (nSPS) is 10.2. The number of H-pyrrole nitrogens is 1. The molecule has 0 unspecified atom stereocenters. The number of hydrogen-bond donors (Lipinski definition) is 2. The first-order chi connectivity index (χ1) is 8.11. The lowest BCUT2D eigenvalue weighted by Gasteiger charge is -2.05. The van der Waals surface area contributed by atoms with Crippen LogP contribution in [-0.2, 0) is 0 Å². The highest BCUT2D eigenvalue weighted by atomic mass is 16.6. The Morgan fingerprint density at radius 3 is 2.82 bits per heavy atom. The van der Waals surface area contributed by atoms with E-state index in [0.29, 0.717) is 17.0 Å². The van der Waals surface area contributed by atoms with Crippen molar-refractivity contribution in [1.29, 1.82) is 0 Å². The van der Waals surface area contributed by atoms with Gasteiger partial charge in [-0.25, -0.2) is 4.98 Å². The number of rotatable bonds is 3. The zero-order chi connectivity index (χ0) is 12.4. The standard InChI is InChI=1S/C10H10N4O3/c1-17-9-3-2-6(14(15)16)4-7(9)8-5-12-10(11)13-8/h2-5H,1H3,(H3,11,12,13). The molecule has 2 rings (SSSR count). The molecule has 0 aliphatic carbocycles. The molecule has 0 aliphatic rings. The van der Waals surface area contributed by atoms with Crippen molar-refractivity contribution in [2.45, 2.75) is 0 Å². The molecule has 0 radical (unpaired) electrons. The smallest absolute Gasteiger partial charge is 0.270 e. The number of methoxy groups -OCH3 is 1. The van der Waals surface area contributed by atoms with Gasteiger partial charge < -0.3 is 15.5 Å². The lowest BCUT2D eigenvalue weighted by molar-refractivity contribution is -0.384. The Bertz CT molecular complexity index is 564. The van der Waals surface area contributed by atoms with Crippen LogP contribution in [0.15, 0.2) is 24.4 Å². The molecule has 0 atom stereocenters. The summed E-state index contributed by atoms with van der Waals surface area (Å²) in [6, 6.07) is 4.32. The third-order valence-electron chi connectivity index (χ3n) is 2.28. The molecule has 1 aromatic carbocycles. The first kappa shape index (κ1) is 10.9. The highest BCUT2D eigenvalue weighted by Gasteiger charge is 2.14. The highest BCUT2D eigenvalue weighted by molar-refractivity contribution is 5.70. The van der Waals surface area contributed by atoms with E-state index in [9.17, 15) is 10.1 Å². The van der Waals surface area contributed by atoms with E-state index in [1.165, 1.54) is 31.5 Å². The molecule has 7 nitrogen and oxygen atoms in total. The predicted molar refractivity (Wildman–Crippen MR) is 61.6 cm³/mol. The van der Waals surface area contributed by atoms with Gasteiger partial charge in [0, 0.05) is 17.7 Å². The van der Waals surface area contributed by atoms with E-state index in [-0.39, 0.29) is 11.6 Å². The van der Waals surface area contributed by atoms with Crippen molar-refractivity contribution in [3.63, 3.8) is 0 Å². The summed E-state index contributed by atoms with van der Waals surface area (Å²) in [6.45, 7) is 0. The molecular formula is C10H10N4O3. The number of nitrogens with one attached hydrogen (secondary N) is 1. The first-order valence-electron chi connectivity index (χ1n) is 4.75. The number of nitro groups is 1. The van der Waals surface area contributed by atoms with Crippen LogP contribution in [0.2, 0.25) is 0 Å². The second-order valence-corrected chi connectivity index (χ2v) is 3.32. The van der Waals surface area contributed by atoms with Gasteiger partial charge in [-0.3, -0.25) is 10.1 Å². The fourth-order valence-electron chi connectivity index (χ4n) is 1.49. The summed E-state index contributed by atoms with van der Waals surface area (Å²) in [7, 11) is 1.49. The molecule has 3 N–H and O–H groups in total. The molecule has 1 heterocycles. The molecule has 1 aromatic heterocycles. The summed E-state index contributed by atoms with van der Waals surface area (Å²) in [5.74, 6) is 0.757. The van der Waals surface area contributed by atoms with Crippen molar-refractivity contribution < 1.29 is 9.66 Å². The van der Waals surface area contributed by atoms with Gasteiger partial charge in [0.15, 0.2) is 5.95 Å². The molecule has 0 saturated heterocycles. The molecule has 2 aromatic rings. The van der Waals surface area contributed by atoms with Crippen molar-refractivity contribution in [1.82, 2.24) is 9.97 Å². The molecule has 88 valence electrons. The molecular weight excluding hydrogens is 224 g/mol. The number of imidazole rings is 1. The van der Waals surface area contributed by atoms with E-state index in [1.807, 2.05) is 0 Å². The summed E-state index contributed by atoms with van der Waals surface area (Å²) in [5.41, 5.74) is 6.56. The van der Waals surface area contributed by atoms with E-state index in [2.05, 4.69) is 9.97 Å². The van der Waals surface area contributed by atoms with Crippen LogP contribution in [0.1, 0.15) is 0 Å². The van der Waals surface area contributed by atoms with Crippen LogP contribution in [0.5, 0.6) is 5.75 Å². The van der Waals surface area contributed by atoms with Crippen LogP contribution in [-0.4, -0.2) is 22.0 Å². The molecule has 17 heavy (non-hydrogen) atoms. The maximum absolute atomic E-state index is 10.7. The number of anilines is 1. The minimum absolute atomic E-state index is 0.0195. The van der Waals surface area contributed by atoms with E-state index in [4.69, 9.17) is 10.5 Å². The van der Waals surface area contributed by atoms with Crippen LogP contribution in [0.25, 0.3) is 11.3 Å². The number of non-ortho nitro benzene ring substituents is 1. The molecule has 0 amide bonds. The Hall–Kier alpha value is -2.57. The maximum Gasteiger partial charge on any atom is 0.270 e. The van der Waals surface area contributed by atoms with Gasteiger partial charge in [-0.1, -0.05) is 0 Å². The third kappa shape index (κ3) is 2.03. The lowest BCUT2D eigenvalue weighted by atomic mass is 10.1. The Balaban J connectivity index is 2.57. The number of ether oxygens (including phenoxy) is 1. The fraction of sp³-hybridized carbons (Fsp3) is 0.100. The van der Waals surface area contributed by atoms with Crippen LogP contribution < -0.4 is 10.5 Å². The highest BCUT2D eigenvalue weighted by Crippen LogP contribution is 2.32. The number of nitrogens with zero attached hydrogens (tertiary/aromatic N) is 2. The first-order valence-corrected chi connectivity index (χ1v) is 4.75. The number of nitrogen functional groups attached to an aromatic ring is 1. The van der Waals surface area contributed by atoms with Crippen molar-refractivity contribution in [3.8, 4) is 17.0 Å². The number of aromatic amines is 1. The summed E-state index contributed by atoms with van der Waals surface area (Å²) >= 11 is 0. The maximum atomic E-state index is 10.7. The minimum atomic E-state index is -0.470. The number of benzene rings is 1. The van der Waals surface area contributed by atoms with Gasteiger partial charge >= 0.3 is 0 Å². The lowest BCUT2D eigenvalue weighted by Crippen LogP contribution is -1.93. The number of aromatic nitrogens is 2. The second-order valence-electron chi connectivity index (χ2n) is 3.32. The van der Waals surface area contributed by atoms with E-state index in [1.54, 1.807) is 0 Å². The Morgan fingerprint density at radius 2 is 2.29 bits per heavy atom. The quantitative estimate of drug-likeness (QED) is 0.619. The van der Waals surface area contributed by atoms with Gasteiger partial charge in [0.2, 0.25) is 0 Å². The molecule has 0 spiro atoms. The van der Waals surface area contributed by atoms with Gasteiger partial charge in [0.1, 0.15) is 5.75 Å². The molecule has 0 fully saturated rings. The van der Waals surface area contributed by atoms with Gasteiger partial charge in [-0.05, 0) is 6.07 Å².